The quantitative estimate of drug-likeness (QED) is 0.143. The van der Waals surface area contributed by atoms with Crippen molar-refractivity contribution in [3.8, 4) is 22.6 Å². The minimum absolute atomic E-state index is 0.0847. The van der Waals surface area contributed by atoms with Crippen molar-refractivity contribution < 1.29 is 29.3 Å². The van der Waals surface area contributed by atoms with Crippen molar-refractivity contribution in [2.24, 2.45) is 0 Å². The van der Waals surface area contributed by atoms with E-state index in [0.29, 0.717) is 23.9 Å². The maximum absolute atomic E-state index is 12.6. The number of nitrogens with zero attached hydrogens (tertiary/aromatic N) is 2. The number of aromatic hydroxyl groups is 1. The topological polar surface area (TPSA) is 175 Å². The van der Waals surface area contributed by atoms with Gasteiger partial charge in [-0.3, -0.25) is 4.79 Å². The molecule has 4 aromatic rings. The number of aromatic nitrogens is 2. The fraction of sp³-hybridized carbons (Fsp3) is 0.138. The van der Waals surface area contributed by atoms with Gasteiger partial charge in [-0.15, -0.1) is 0 Å². The second kappa shape index (κ2) is 13.9. The molecule has 4 rings (SSSR count). The zero-order valence-electron chi connectivity index (χ0n) is 21.8. The van der Waals surface area contributed by atoms with Crippen LogP contribution in [0.5, 0.6) is 11.5 Å². The van der Waals surface area contributed by atoms with Crippen LogP contribution in [0.2, 0.25) is 0 Å². The van der Waals surface area contributed by atoms with Gasteiger partial charge in [0.25, 0.3) is 5.91 Å². The van der Waals surface area contributed by atoms with Gasteiger partial charge < -0.3 is 36.2 Å². The number of hydrogen-bond donors (Lipinski definition) is 6. The summed E-state index contributed by atoms with van der Waals surface area (Å²) in [6.45, 7) is 0.224. The summed E-state index contributed by atoms with van der Waals surface area (Å²) in [4.78, 5) is 45.1. The number of carbonyl (C=O) groups is 3. The van der Waals surface area contributed by atoms with E-state index in [9.17, 15) is 24.6 Å². The summed E-state index contributed by atoms with van der Waals surface area (Å²) < 4.78 is 5.56. The summed E-state index contributed by atoms with van der Waals surface area (Å²) in [6.07, 6.45) is 3.21. The third kappa shape index (κ3) is 8.17. The lowest BCUT2D eigenvalue weighted by molar-refractivity contribution is -0.138. The Morgan fingerprint density at radius 1 is 0.902 bits per heavy atom. The number of phenols is 1. The molecule has 12 heteroatoms. The average molecular weight is 557 g/mol. The third-order valence-electron chi connectivity index (χ3n) is 5.76. The van der Waals surface area contributed by atoms with Gasteiger partial charge in [0.1, 0.15) is 24.1 Å². The van der Waals surface area contributed by atoms with Crippen LogP contribution in [-0.4, -0.2) is 63.8 Å². The standard InChI is InChI=1S/C29H28N6O6/c36-25-17-20(41-16-15-32-28-30-13-6-14-31-28)11-12-22(25)26(37)33-18-24(27(38)39)35-29(40)34-23-10-5-4-9-21(23)19-7-2-1-3-8-19/h1-14,17,24,36H,15-16,18H2,(H,33,37)(H,38,39)(H,30,31,32)(H2,34,35,40)/t24-/m0/s1. The SMILES string of the molecule is O=C(Nc1ccccc1-c1ccccc1)N[C@@H](CNC(=O)c1ccc(OCCNc2ncccn2)cc1O)C(=O)O. The Labute approximate surface area is 235 Å². The average Bonchev–Trinajstić information content (AvgIpc) is 2.98. The molecule has 3 aromatic carbocycles. The minimum Gasteiger partial charge on any atom is -0.507 e. The van der Waals surface area contributed by atoms with Gasteiger partial charge in [-0.05, 0) is 29.8 Å². The number of phenolic OH excluding ortho intramolecular Hbond substituents is 1. The molecular weight excluding hydrogens is 528 g/mol. The number of amides is 3. The van der Waals surface area contributed by atoms with Crippen molar-refractivity contribution in [1.82, 2.24) is 20.6 Å². The van der Waals surface area contributed by atoms with E-state index in [-0.39, 0.29) is 17.9 Å². The highest BCUT2D eigenvalue weighted by molar-refractivity contribution is 5.98. The summed E-state index contributed by atoms with van der Waals surface area (Å²) in [7, 11) is 0. The van der Waals surface area contributed by atoms with Gasteiger partial charge >= 0.3 is 12.0 Å². The lowest BCUT2D eigenvalue weighted by Gasteiger charge is -2.17. The van der Waals surface area contributed by atoms with Crippen molar-refractivity contribution in [3.63, 3.8) is 0 Å². The van der Waals surface area contributed by atoms with E-state index < -0.39 is 30.5 Å². The summed E-state index contributed by atoms with van der Waals surface area (Å²) in [6, 6.07) is 20.1. The Bertz CT molecular complexity index is 1490. The first-order valence-electron chi connectivity index (χ1n) is 12.6. The Morgan fingerprint density at radius 2 is 1.63 bits per heavy atom. The van der Waals surface area contributed by atoms with Gasteiger partial charge in [0.2, 0.25) is 5.95 Å². The van der Waals surface area contributed by atoms with Crippen molar-refractivity contribution in [1.29, 1.82) is 0 Å². The largest absolute Gasteiger partial charge is 0.507 e. The number of carboxylic acid groups (broad SMARTS) is 1. The highest BCUT2D eigenvalue weighted by Crippen LogP contribution is 2.27. The molecule has 0 spiro atoms. The number of nitrogens with one attached hydrogen (secondary N) is 4. The molecule has 1 atom stereocenters. The summed E-state index contributed by atoms with van der Waals surface area (Å²) in [5, 5.41) is 30.4. The Kier molecular flexibility index (Phi) is 9.64. The van der Waals surface area contributed by atoms with E-state index in [1.54, 1.807) is 30.6 Å². The lowest BCUT2D eigenvalue weighted by atomic mass is 10.0. The smallest absolute Gasteiger partial charge is 0.328 e. The van der Waals surface area contributed by atoms with Crippen LogP contribution in [0.3, 0.4) is 0 Å². The van der Waals surface area contributed by atoms with Crippen LogP contribution in [-0.2, 0) is 4.79 Å². The summed E-state index contributed by atoms with van der Waals surface area (Å²) >= 11 is 0. The number of hydrogen-bond acceptors (Lipinski definition) is 8. The van der Waals surface area contributed by atoms with Crippen LogP contribution in [0.1, 0.15) is 10.4 Å². The number of urea groups is 1. The van der Waals surface area contributed by atoms with Gasteiger partial charge in [0.05, 0.1) is 17.8 Å². The fourth-order valence-corrected chi connectivity index (χ4v) is 3.78. The maximum atomic E-state index is 12.6. The molecule has 1 aromatic heterocycles. The Hall–Kier alpha value is -5.65. The molecule has 0 unspecified atom stereocenters. The number of carboxylic acids is 1. The van der Waals surface area contributed by atoms with Crippen molar-refractivity contribution in [2.75, 3.05) is 30.3 Å². The molecule has 0 fully saturated rings. The van der Waals surface area contributed by atoms with Crippen molar-refractivity contribution >= 4 is 29.5 Å². The van der Waals surface area contributed by atoms with E-state index in [1.165, 1.54) is 18.2 Å². The Morgan fingerprint density at radius 3 is 2.37 bits per heavy atom. The van der Waals surface area contributed by atoms with E-state index in [0.717, 1.165) is 11.1 Å². The first-order chi connectivity index (χ1) is 19.9. The first kappa shape index (κ1) is 28.4. The van der Waals surface area contributed by atoms with Gasteiger partial charge in [0, 0.05) is 30.6 Å². The number of benzene rings is 3. The van der Waals surface area contributed by atoms with Gasteiger partial charge in [-0.2, -0.15) is 0 Å². The second-order valence-corrected chi connectivity index (χ2v) is 8.64. The van der Waals surface area contributed by atoms with E-state index in [2.05, 4.69) is 31.2 Å². The zero-order chi connectivity index (χ0) is 29.0. The van der Waals surface area contributed by atoms with Crippen molar-refractivity contribution in [2.45, 2.75) is 6.04 Å². The monoisotopic (exact) mass is 556 g/mol. The van der Waals surface area contributed by atoms with Gasteiger partial charge in [0.15, 0.2) is 0 Å². The third-order valence-corrected chi connectivity index (χ3v) is 5.76. The molecule has 0 aliphatic heterocycles. The second-order valence-electron chi connectivity index (χ2n) is 8.64. The number of rotatable bonds is 12. The zero-order valence-corrected chi connectivity index (χ0v) is 21.8. The number of aliphatic carboxylic acids is 1. The summed E-state index contributed by atoms with van der Waals surface area (Å²) in [5.74, 6) is -1.64. The van der Waals surface area contributed by atoms with Crippen LogP contribution in [0, 0.1) is 0 Å². The van der Waals surface area contributed by atoms with E-state index >= 15 is 0 Å². The first-order valence-corrected chi connectivity index (χ1v) is 12.6. The normalized spacial score (nSPS) is 11.1. The van der Waals surface area contributed by atoms with Crippen LogP contribution in [0.15, 0.2) is 91.3 Å². The van der Waals surface area contributed by atoms with Crippen LogP contribution >= 0.6 is 0 Å². The molecule has 0 radical (unpaired) electrons. The molecule has 0 aliphatic carbocycles. The number of para-hydroxylation sites is 1. The molecule has 41 heavy (non-hydrogen) atoms. The molecule has 0 aliphatic rings. The molecule has 0 saturated heterocycles. The molecule has 210 valence electrons. The molecule has 0 bridgehead atoms. The van der Waals surface area contributed by atoms with Crippen LogP contribution < -0.4 is 26.0 Å². The van der Waals surface area contributed by atoms with Gasteiger partial charge in [-0.25, -0.2) is 19.6 Å². The minimum atomic E-state index is -1.44. The van der Waals surface area contributed by atoms with E-state index in [1.807, 2.05) is 42.5 Å². The number of anilines is 2. The molecule has 0 saturated carbocycles. The molecular formula is C29H28N6O6. The molecule has 12 nitrogen and oxygen atoms in total. The molecule has 6 N–H and O–H groups in total. The Balaban J connectivity index is 1.29. The van der Waals surface area contributed by atoms with Crippen LogP contribution in [0.25, 0.3) is 11.1 Å². The molecule has 3 amide bonds. The lowest BCUT2D eigenvalue weighted by Crippen LogP contribution is -2.49. The highest BCUT2D eigenvalue weighted by Gasteiger charge is 2.22. The highest BCUT2D eigenvalue weighted by atomic mass is 16.5. The number of ether oxygens (including phenoxy) is 1. The number of carbonyl (C=O) groups excluding carboxylic acids is 2. The van der Waals surface area contributed by atoms with Gasteiger partial charge in [-0.1, -0.05) is 48.5 Å². The van der Waals surface area contributed by atoms with Crippen molar-refractivity contribution in [3.05, 3.63) is 96.8 Å². The predicted molar refractivity (Wildman–Crippen MR) is 152 cm³/mol. The maximum Gasteiger partial charge on any atom is 0.328 e. The molecule has 1 heterocycles. The fourth-order valence-electron chi connectivity index (χ4n) is 3.78. The summed E-state index contributed by atoms with van der Waals surface area (Å²) in [5.41, 5.74) is 2.03. The van der Waals surface area contributed by atoms with Crippen LogP contribution in [0.4, 0.5) is 16.4 Å². The predicted octanol–water partition coefficient (Wildman–Crippen LogP) is 3.34. The van der Waals surface area contributed by atoms with E-state index in [4.69, 9.17) is 4.74 Å².